The largest absolute Gasteiger partial charge is 0.493 e. The van der Waals surface area contributed by atoms with Crippen molar-refractivity contribution in [1.82, 2.24) is 9.55 Å². The van der Waals surface area contributed by atoms with Gasteiger partial charge in [0, 0.05) is 12.3 Å². The molecule has 2 aromatic carbocycles. The SMILES string of the molecule is CCn1c(SCc2cc(OC)c(OC)cc2C)nc2ccccc2c1=O. The van der Waals surface area contributed by atoms with E-state index < -0.39 is 0 Å². The van der Waals surface area contributed by atoms with Gasteiger partial charge in [0.2, 0.25) is 0 Å². The summed E-state index contributed by atoms with van der Waals surface area (Å²) in [6, 6.07) is 11.4. The number of methoxy groups -OCH3 is 2. The molecule has 0 aliphatic heterocycles. The van der Waals surface area contributed by atoms with Crippen LogP contribution in [0.25, 0.3) is 10.9 Å². The van der Waals surface area contributed by atoms with Crippen LogP contribution in [0, 0.1) is 6.92 Å². The van der Waals surface area contributed by atoms with Crippen molar-refractivity contribution in [3.8, 4) is 11.5 Å². The summed E-state index contributed by atoms with van der Waals surface area (Å²) in [6.07, 6.45) is 0. The number of hydrogen-bond acceptors (Lipinski definition) is 5. The summed E-state index contributed by atoms with van der Waals surface area (Å²) in [5.41, 5.74) is 2.97. The Morgan fingerprint density at radius 2 is 1.81 bits per heavy atom. The van der Waals surface area contributed by atoms with Crippen LogP contribution in [0.4, 0.5) is 0 Å². The predicted octanol–water partition coefficient (Wildman–Crippen LogP) is 4.03. The Morgan fingerprint density at radius 1 is 1.12 bits per heavy atom. The maximum atomic E-state index is 12.7. The number of ether oxygens (including phenoxy) is 2. The molecule has 0 spiro atoms. The first kappa shape index (κ1) is 18.3. The second-order valence-corrected chi connectivity index (χ2v) is 6.83. The Labute approximate surface area is 157 Å². The minimum Gasteiger partial charge on any atom is -0.493 e. The van der Waals surface area contributed by atoms with Gasteiger partial charge < -0.3 is 9.47 Å². The van der Waals surface area contributed by atoms with E-state index in [9.17, 15) is 4.79 Å². The van der Waals surface area contributed by atoms with Gasteiger partial charge in [-0.05, 0) is 49.2 Å². The van der Waals surface area contributed by atoms with Crippen molar-refractivity contribution in [2.24, 2.45) is 0 Å². The van der Waals surface area contributed by atoms with E-state index in [1.165, 1.54) is 0 Å². The highest BCUT2D eigenvalue weighted by Crippen LogP contribution is 2.33. The second kappa shape index (κ2) is 7.83. The Balaban J connectivity index is 1.96. The summed E-state index contributed by atoms with van der Waals surface area (Å²) >= 11 is 1.56. The van der Waals surface area contributed by atoms with Crippen LogP contribution in [0.2, 0.25) is 0 Å². The molecule has 3 rings (SSSR count). The zero-order chi connectivity index (χ0) is 18.7. The van der Waals surface area contributed by atoms with Gasteiger partial charge >= 0.3 is 0 Å². The molecule has 0 fully saturated rings. The average molecular weight is 370 g/mol. The Kier molecular flexibility index (Phi) is 5.52. The molecule has 0 bridgehead atoms. The lowest BCUT2D eigenvalue weighted by Gasteiger charge is -2.14. The number of para-hydroxylation sites is 1. The highest BCUT2D eigenvalue weighted by molar-refractivity contribution is 7.98. The molecule has 3 aromatic rings. The van der Waals surface area contributed by atoms with Gasteiger partial charge in [0.25, 0.3) is 5.56 Å². The third-order valence-corrected chi connectivity index (χ3v) is 5.37. The molecule has 1 heterocycles. The molecular formula is C20H22N2O3S. The Bertz CT molecular complexity index is 998. The number of fused-ring (bicyclic) bond motifs is 1. The smallest absolute Gasteiger partial charge is 0.262 e. The third-order valence-electron chi connectivity index (χ3n) is 4.34. The van der Waals surface area contributed by atoms with Crippen molar-refractivity contribution in [3.63, 3.8) is 0 Å². The zero-order valence-corrected chi connectivity index (χ0v) is 16.2. The lowest BCUT2D eigenvalue weighted by molar-refractivity contribution is 0.354. The molecule has 5 nitrogen and oxygen atoms in total. The van der Waals surface area contributed by atoms with E-state index in [-0.39, 0.29) is 5.56 Å². The summed E-state index contributed by atoms with van der Waals surface area (Å²) in [5.74, 6) is 2.11. The van der Waals surface area contributed by atoms with Crippen LogP contribution < -0.4 is 15.0 Å². The molecule has 0 N–H and O–H groups in total. The van der Waals surface area contributed by atoms with E-state index >= 15 is 0 Å². The average Bonchev–Trinajstić information content (AvgIpc) is 2.67. The minimum atomic E-state index is 0.00429. The summed E-state index contributed by atoms with van der Waals surface area (Å²) in [4.78, 5) is 17.4. The van der Waals surface area contributed by atoms with E-state index in [0.717, 1.165) is 21.8 Å². The second-order valence-electron chi connectivity index (χ2n) is 5.88. The predicted molar refractivity (Wildman–Crippen MR) is 106 cm³/mol. The van der Waals surface area contributed by atoms with Gasteiger partial charge in [0.15, 0.2) is 16.7 Å². The van der Waals surface area contributed by atoms with E-state index in [2.05, 4.69) is 0 Å². The van der Waals surface area contributed by atoms with Gasteiger partial charge in [-0.1, -0.05) is 23.9 Å². The normalized spacial score (nSPS) is 10.9. The van der Waals surface area contributed by atoms with Crippen molar-refractivity contribution in [3.05, 3.63) is 57.9 Å². The van der Waals surface area contributed by atoms with Crippen LogP contribution >= 0.6 is 11.8 Å². The first-order chi connectivity index (χ1) is 12.6. The monoisotopic (exact) mass is 370 g/mol. The van der Waals surface area contributed by atoms with Crippen LogP contribution in [0.5, 0.6) is 11.5 Å². The zero-order valence-electron chi connectivity index (χ0n) is 15.4. The highest BCUT2D eigenvalue weighted by atomic mass is 32.2. The fourth-order valence-corrected chi connectivity index (χ4v) is 3.98. The number of nitrogens with zero attached hydrogens (tertiary/aromatic N) is 2. The third kappa shape index (κ3) is 3.42. The van der Waals surface area contributed by atoms with Crippen LogP contribution in [-0.2, 0) is 12.3 Å². The van der Waals surface area contributed by atoms with Crippen molar-refractivity contribution < 1.29 is 9.47 Å². The lowest BCUT2D eigenvalue weighted by Crippen LogP contribution is -2.22. The minimum absolute atomic E-state index is 0.00429. The number of hydrogen-bond donors (Lipinski definition) is 0. The summed E-state index contributed by atoms with van der Waals surface area (Å²) < 4.78 is 12.5. The molecule has 0 unspecified atom stereocenters. The molecule has 0 aliphatic carbocycles. The molecule has 0 amide bonds. The standard InChI is InChI=1S/C20H22N2O3S/c1-5-22-19(23)15-8-6-7-9-16(15)21-20(22)26-12-14-11-18(25-4)17(24-3)10-13(14)2/h6-11H,5,12H2,1-4H3. The van der Waals surface area contributed by atoms with Gasteiger partial charge in [-0.15, -0.1) is 0 Å². The summed E-state index contributed by atoms with van der Waals surface area (Å²) in [5, 5.41) is 1.38. The Morgan fingerprint density at radius 3 is 2.50 bits per heavy atom. The molecule has 0 aliphatic rings. The van der Waals surface area contributed by atoms with Crippen molar-refractivity contribution in [1.29, 1.82) is 0 Å². The van der Waals surface area contributed by atoms with E-state index in [1.807, 2.05) is 50.2 Å². The molecule has 136 valence electrons. The maximum Gasteiger partial charge on any atom is 0.262 e. The first-order valence-corrected chi connectivity index (χ1v) is 9.41. The van der Waals surface area contributed by atoms with E-state index in [1.54, 1.807) is 30.5 Å². The molecule has 1 aromatic heterocycles. The van der Waals surface area contributed by atoms with Crippen LogP contribution in [0.1, 0.15) is 18.1 Å². The maximum absolute atomic E-state index is 12.7. The first-order valence-electron chi connectivity index (χ1n) is 8.43. The number of thioether (sulfide) groups is 1. The van der Waals surface area contributed by atoms with Gasteiger partial charge in [-0.3, -0.25) is 9.36 Å². The van der Waals surface area contributed by atoms with E-state index in [4.69, 9.17) is 14.5 Å². The lowest BCUT2D eigenvalue weighted by atomic mass is 10.1. The molecule has 26 heavy (non-hydrogen) atoms. The molecule has 0 radical (unpaired) electrons. The quantitative estimate of drug-likeness (QED) is 0.484. The summed E-state index contributed by atoms with van der Waals surface area (Å²) in [6.45, 7) is 4.59. The molecule has 0 atom stereocenters. The number of aromatic nitrogens is 2. The summed E-state index contributed by atoms with van der Waals surface area (Å²) in [7, 11) is 3.26. The van der Waals surface area contributed by atoms with Crippen molar-refractivity contribution in [2.75, 3.05) is 14.2 Å². The molecular weight excluding hydrogens is 348 g/mol. The van der Waals surface area contributed by atoms with Gasteiger partial charge in [0.05, 0.1) is 25.1 Å². The van der Waals surface area contributed by atoms with E-state index in [0.29, 0.717) is 29.2 Å². The van der Waals surface area contributed by atoms with Crippen molar-refractivity contribution in [2.45, 2.75) is 31.3 Å². The molecule has 0 saturated carbocycles. The number of rotatable bonds is 6. The van der Waals surface area contributed by atoms with Gasteiger partial charge in [-0.2, -0.15) is 0 Å². The number of benzene rings is 2. The number of aryl methyl sites for hydroxylation is 1. The van der Waals surface area contributed by atoms with Crippen molar-refractivity contribution >= 4 is 22.7 Å². The Hall–Kier alpha value is -2.47. The topological polar surface area (TPSA) is 53.4 Å². The molecule has 6 heteroatoms. The van der Waals surface area contributed by atoms with Gasteiger partial charge in [-0.25, -0.2) is 4.98 Å². The fraction of sp³-hybridized carbons (Fsp3) is 0.300. The fourth-order valence-electron chi connectivity index (χ4n) is 2.86. The molecule has 0 saturated heterocycles. The van der Waals surface area contributed by atoms with Gasteiger partial charge in [0.1, 0.15) is 0 Å². The van der Waals surface area contributed by atoms with Crippen LogP contribution in [-0.4, -0.2) is 23.8 Å². The van der Waals surface area contributed by atoms with Crippen LogP contribution in [0.3, 0.4) is 0 Å². The van der Waals surface area contributed by atoms with Crippen LogP contribution in [0.15, 0.2) is 46.3 Å². The highest BCUT2D eigenvalue weighted by Gasteiger charge is 2.13.